The van der Waals surface area contributed by atoms with Gasteiger partial charge in [0.15, 0.2) is 0 Å². The third kappa shape index (κ3) is 3.35. The smallest absolute Gasteiger partial charge is 0.257 e. The summed E-state index contributed by atoms with van der Waals surface area (Å²) in [7, 11) is 0. The molecule has 0 aliphatic heterocycles. The Balaban J connectivity index is 2.13. The largest absolute Gasteiger partial charge is 0.370 e. The molecule has 1 amide bonds. The van der Waals surface area contributed by atoms with E-state index in [9.17, 15) is 4.79 Å². The van der Waals surface area contributed by atoms with Gasteiger partial charge < -0.3 is 10.6 Å². The minimum absolute atomic E-state index is 0.144. The lowest BCUT2D eigenvalue weighted by atomic mass is 10.1. The van der Waals surface area contributed by atoms with Gasteiger partial charge in [0, 0.05) is 18.4 Å². The average molecular weight is 269 g/mol. The first-order chi connectivity index (χ1) is 9.60. The lowest BCUT2D eigenvalue weighted by Gasteiger charge is -2.09. The van der Waals surface area contributed by atoms with E-state index in [4.69, 9.17) is 0 Å². The van der Waals surface area contributed by atoms with Crippen molar-refractivity contribution in [3.05, 3.63) is 53.2 Å². The first-order valence-electron chi connectivity index (χ1n) is 6.68. The van der Waals surface area contributed by atoms with Gasteiger partial charge in [0.25, 0.3) is 5.91 Å². The molecule has 2 N–H and O–H groups in total. The Bertz CT molecular complexity index is 606. The van der Waals surface area contributed by atoms with E-state index in [1.54, 1.807) is 12.3 Å². The molecule has 0 spiro atoms. The van der Waals surface area contributed by atoms with E-state index in [0.29, 0.717) is 5.56 Å². The summed E-state index contributed by atoms with van der Waals surface area (Å²) in [5, 5.41) is 6.02. The van der Waals surface area contributed by atoms with Crippen LogP contribution < -0.4 is 10.6 Å². The predicted octanol–water partition coefficient (Wildman–Crippen LogP) is 3.38. The van der Waals surface area contributed by atoms with Crippen LogP contribution in [0.5, 0.6) is 0 Å². The second kappa shape index (κ2) is 6.19. The van der Waals surface area contributed by atoms with Crippen LogP contribution in [-0.2, 0) is 0 Å². The molecule has 0 fully saturated rings. The first-order valence-corrected chi connectivity index (χ1v) is 6.68. The summed E-state index contributed by atoms with van der Waals surface area (Å²) < 4.78 is 0. The standard InChI is InChI=1S/C16H19N3O/c1-4-17-15-8-7-13(10-18-15)16(20)19-14-9-11(2)5-6-12(14)3/h5-10H,4H2,1-3H3,(H,17,18)(H,19,20). The molecule has 1 aromatic carbocycles. The molecular weight excluding hydrogens is 250 g/mol. The fourth-order valence-electron chi connectivity index (χ4n) is 1.88. The Hall–Kier alpha value is -2.36. The highest BCUT2D eigenvalue weighted by Gasteiger charge is 2.08. The normalized spacial score (nSPS) is 10.2. The molecule has 0 bridgehead atoms. The third-order valence-electron chi connectivity index (χ3n) is 3.02. The van der Waals surface area contributed by atoms with Crippen molar-refractivity contribution in [2.75, 3.05) is 17.2 Å². The maximum atomic E-state index is 12.2. The molecule has 20 heavy (non-hydrogen) atoms. The number of nitrogens with zero attached hydrogens (tertiary/aromatic N) is 1. The number of hydrogen-bond acceptors (Lipinski definition) is 3. The molecule has 0 aliphatic rings. The highest BCUT2D eigenvalue weighted by Crippen LogP contribution is 2.17. The Morgan fingerprint density at radius 2 is 2.00 bits per heavy atom. The molecule has 0 aliphatic carbocycles. The minimum Gasteiger partial charge on any atom is -0.370 e. The van der Waals surface area contributed by atoms with Gasteiger partial charge in [-0.05, 0) is 50.1 Å². The number of carbonyl (C=O) groups excluding carboxylic acids is 1. The fourth-order valence-corrected chi connectivity index (χ4v) is 1.88. The van der Waals surface area contributed by atoms with Crippen molar-refractivity contribution in [2.24, 2.45) is 0 Å². The molecule has 1 aromatic heterocycles. The summed E-state index contributed by atoms with van der Waals surface area (Å²) in [6.07, 6.45) is 1.58. The summed E-state index contributed by atoms with van der Waals surface area (Å²) in [4.78, 5) is 16.4. The maximum absolute atomic E-state index is 12.2. The van der Waals surface area contributed by atoms with E-state index < -0.39 is 0 Å². The lowest BCUT2D eigenvalue weighted by molar-refractivity contribution is 0.102. The number of amides is 1. The van der Waals surface area contributed by atoms with Gasteiger partial charge in [-0.1, -0.05) is 12.1 Å². The molecule has 0 unspecified atom stereocenters. The number of nitrogens with one attached hydrogen (secondary N) is 2. The molecule has 2 aromatic rings. The van der Waals surface area contributed by atoms with E-state index in [2.05, 4.69) is 15.6 Å². The molecule has 0 saturated carbocycles. The number of hydrogen-bond donors (Lipinski definition) is 2. The number of benzene rings is 1. The topological polar surface area (TPSA) is 54.0 Å². The Morgan fingerprint density at radius 3 is 2.65 bits per heavy atom. The van der Waals surface area contributed by atoms with Gasteiger partial charge in [-0.2, -0.15) is 0 Å². The molecule has 4 heteroatoms. The van der Waals surface area contributed by atoms with E-state index in [1.807, 2.05) is 45.0 Å². The second-order valence-electron chi connectivity index (χ2n) is 4.73. The predicted molar refractivity (Wildman–Crippen MR) is 82.3 cm³/mol. The summed E-state index contributed by atoms with van der Waals surface area (Å²) >= 11 is 0. The van der Waals surface area contributed by atoms with Gasteiger partial charge in [0.2, 0.25) is 0 Å². The first kappa shape index (κ1) is 14.1. The van der Waals surface area contributed by atoms with Crippen molar-refractivity contribution in [3.63, 3.8) is 0 Å². The molecule has 0 saturated heterocycles. The van der Waals surface area contributed by atoms with Crippen LogP contribution in [0, 0.1) is 13.8 Å². The highest BCUT2D eigenvalue weighted by atomic mass is 16.1. The lowest BCUT2D eigenvalue weighted by Crippen LogP contribution is -2.13. The van der Waals surface area contributed by atoms with Crippen LogP contribution in [0.15, 0.2) is 36.5 Å². The summed E-state index contributed by atoms with van der Waals surface area (Å²) in [6, 6.07) is 9.57. The maximum Gasteiger partial charge on any atom is 0.257 e. The van der Waals surface area contributed by atoms with Crippen LogP contribution in [0.1, 0.15) is 28.4 Å². The monoisotopic (exact) mass is 269 g/mol. The van der Waals surface area contributed by atoms with Gasteiger partial charge >= 0.3 is 0 Å². The SMILES string of the molecule is CCNc1ccc(C(=O)Nc2cc(C)ccc2C)cn1. The third-order valence-corrected chi connectivity index (χ3v) is 3.02. The average Bonchev–Trinajstić information content (AvgIpc) is 2.44. The zero-order chi connectivity index (χ0) is 14.5. The fraction of sp³-hybridized carbons (Fsp3) is 0.250. The van der Waals surface area contributed by atoms with Crippen LogP contribution in [-0.4, -0.2) is 17.4 Å². The van der Waals surface area contributed by atoms with Crippen molar-refractivity contribution in [1.82, 2.24) is 4.98 Å². The van der Waals surface area contributed by atoms with Crippen molar-refractivity contribution >= 4 is 17.4 Å². The number of aryl methyl sites for hydroxylation is 2. The summed E-state index contributed by atoms with van der Waals surface area (Å²) in [5.41, 5.74) is 3.55. The van der Waals surface area contributed by atoms with E-state index >= 15 is 0 Å². The van der Waals surface area contributed by atoms with Gasteiger partial charge in [0.05, 0.1) is 5.56 Å². The van der Waals surface area contributed by atoms with Crippen LogP contribution in [0.2, 0.25) is 0 Å². The molecular formula is C16H19N3O. The van der Waals surface area contributed by atoms with E-state index in [0.717, 1.165) is 29.2 Å². The van der Waals surface area contributed by atoms with E-state index in [-0.39, 0.29) is 5.91 Å². The summed E-state index contributed by atoms with van der Waals surface area (Å²) in [6.45, 7) is 6.78. The highest BCUT2D eigenvalue weighted by molar-refractivity contribution is 6.04. The zero-order valence-corrected chi connectivity index (χ0v) is 12.0. The van der Waals surface area contributed by atoms with Crippen molar-refractivity contribution in [1.29, 1.82) is 0 Å². The number of pyridine rings is 1. The van der Waals surface area contributed by atoms with Crippen molar-refractivity contribution in [2.45, 2.75) is 20.8 Å². The minimum atomic E-state index is -0.144. The Labute approximate surface area is 119 Å². The Kier molecular flexibility index (Phi) is 4.35. The van der Waals surface area contributed by atoms with Crippen LogP contribution in [0.3, 0.4) is 0 Å². The molecule has 1 heterocycles. The Morgan fingerprint density at radius 1 is 1.20 bits per heavy atom. The molecule has 104 valence electrons. The van der Waals surface area contributed by atoms with Crippen molar-refractivity contribution < 1.29 is 4.79 Å². The molecule has 4 nitrogen and oxygen atoms in total. The number of carbonyl (C=O) groups is 1. The molecule has 2 rings (SSSR count). The zero-order valence-electron chi connectivity index (χ0n) is 12.0. The molecule has 0 radical (unpaired) electrons. The van der Waals surface area contributed by atoms with Gasteiger partial charge in [0.1, 0.15) is 5.82 Å². The van der Waals surface area contributed by atoms with Gasteiger partial charge in [-0.25, -0.2) is 4.98 Å². The van der Waals surface area contributed by atoms with Crippen molar-refractivity contribution in [3.8, 4) is 0 Å². The quantitative estimate of drug-likeness (QED) is 0.894. The van der Waals surface area contributed by atoms with Gasteiger partial charge in [-0.3, -0.25) is 4.79 Å². The number of rotatable bonds is 4. The summed E-state index contributed by atoms with van der Waals surface area (Å²) in [5.74, 6) is 0.630. The number of anilines is 2. The van der Waals surface area contributed by atoms with Crippen LogP contribution in [0.4, 0.5) is 11.5 Å². The van der Waals surface area contributed by atoms with E-state index in [1.165, 1.54) is 0 Å². The van der Waals surface area contributed by atoms with Crippen LogP contribution >= 0.6 is 0 Å². The molecule has 0 atom stereocenters. The number of aromatic nitrogens is 1. The second-order valence-corrected chi connectivity index (χ2v) is 4.73. The van der Waals surface area contributed by atoms with Gasteiger partial charge in [-0.15, -0.1) is 0 Å². The van der Waals surface area contributed by atoms with Crippen LogP contribution in [0.25, 0.3) is 0 Å².